The van der Waals surface area contributed by atoms with Crippen molar-refractivity contribution in [3.8, 4) is 5.75 Å². The molecule has 2 aromatic rings. The molecule has 114 valence electrons. The van der Waals surface area contributed by atoms with Crippen molar-refractivity contribution in [2.24, 2.45) is 0 Å². The zero-order valence-corrected chi connectivity index (χ0v) is 13.7. The van der Waals surface area contributed by atoms with E-state index in [2.05, 4.69) is 17.2 Å². The summed E-state index contributed by atoms with van der Waals surface area (Å²) in [5.74, 6) is 2.70. The van der Waals surface area contributed by atoms with E-state index in [1.807, 2.05) is 47.0 Å². The predicted molar refractivity (Wildman–Crippen MR) is 83.8 cm³/mol. The molecule has 0 saturated carbocycles. The zero-order valence-electron chi connectivity index (χ0n) is 13.7. The molecule has 0 fully saturated rings. The van der Waals surface area contributed by atoms with Gasteiger partial charge < -0.3 is 14.5 Å². The first-order valence-corrected chi connectivity index (χ1v) is 7.29. The van der Waals surface area contributed by atoms with E-state index in [0.29, 0.717) is 0 Å². The van der Waals surface area contributed by atoms with Crippen LogP contribution in [0.5, 0.6) is 5.75 Å². The number of aryl methyl sites for hydroxylation is 2. The molecule has 2 rings (SSSR count). The highest BCUT2D eigenvalue weighted by Gasteiger charge is 2.22. The molecular weight excluding hydrogens is 264 g/mol. The van der Waals surface area contributed by atoms with Crippen LogP contribution in [0, 0.1) is 20.8 Å². The number of ether oxygens (including phenoxy) is 1. The first kappa shape index (κ1) is 15.6. The third-order valence-corrected chi connectivity index (χ3v) is 3.63. The van der Waals surface area contributed by atoms with Gasteiger partial charge in [0.25, 0.3) is 0 Å². The molecule has 0 amide bonds. The van der Waals surface area contributed by atoms with E-state index >= 15 is 0 Å². The Bertz CT molecular complexity index is 617. The molecule has 1 N–H and O–H groups in total. The van der Waals surface area contributed by atoms with Gasteiger partial charge in [-0.15, -0.1) is 0 Å². The van der Waals surface area contributed by atoms with E-state index < -0.39 is 0 Å². The topological polar surface area (TPSA) is 47.3 Å². The van der Waals surface area contributed by atoms with Gasteiger partial charge in [-0.1, -0.05) is 0 Å². The molecule has 4 nitrogen and oxygen atoms in total. The van der Waals surface area contributed by atoms with Crippen LogP contribution in [0.1, 0.15) is 48.1 Å². The molecule has 0 saturated heterocycles. The number of aromatic nitrogens is 1. The number of furan rings is 1. The van der Waals surface area contributed by atoms with Gasteiger partial charge in [0.2, 0.25) is 0 Å². The van der Waals surface area contributed by atoms with Crippen LogP contribution in [-0.2, 0) is 0 Å². The second-order valence-corrected chi connectivity index (χ2v) is 5.60. The van der Waals surface area contributed by atoms with Crippen LogP contribution in [-0.4, -0.2) is 18.1 Å². The summed E-state index contributed by atoms with van der Waals surface area (Å²) in [6.07, 6.45) is 3.75. The van der Waals surface area contributed by atoms with E-state index in [1.54, 1.807) is 6.20 Å². The van der Waals surface area contributed by atoms with Crippen molar-refractivity contribution in [2.45, 2.75) is 46.8 Å². The molecular formula is C17H24N2O2. The van der Waals surface area contributed by atoms with E-state index in [0.717, 1.165) is 22.8 Å². The summed E-state index contributed by atoms with van der Waals surface area (Å²) in [4.78, 5) is 4.30. The predicted octanol–water partition coefficient (Wildman–Crippen LogP) is 3.70. The maximum Gasteiger partial charge on any atom is 0.138 e. The molecule has 1 atom stereocenters. The minimum absolute atomic E-state index is 0.0469. The van der Waals surface area contributed by atoms with Crippen LogP contribution < -0.4 is 10.1 Å². The van der Waals surface area contributed by atoms with Gasteiger partial charge in [0, 0.05) is 11.8 Å². The summed E-state index contributed by atoms with van der Waals surface area (Å²) < 4.78 is 11.5. The molecule has 0 aliphatic heterocycles. The van der Waals surface area contributed by atoms with Gasteiger partial charge in [-0.25, -0.2) is 0 Å². The van der Waals surface area contributed by atoms with Gasteiger partial charge in [0.15, 0.2) is 0 Å². The summed E-state index contributed by atoms with van der Waals surface area (Å²) in [5, 5.41) is 3.35. The standard InChI is InChI=1S/C17H24N2O2/c1-10(2)20-15-7-14(8-19-9-15)17(18-6)16-11(3)12(4)21-13(16)5/h7-10,17-18H,1-6H3. The van der Waals surface area contributed by atoms with Crippen molar-refractivity contribution < 1.29 is 9.15 Å². The molecule has 0 radical (unpaired) electrons. The number of hydrogen-bond donors (Lipinski definition) is 1. The Morgan fingerprint density at radius 2 is 1.86 bits per heavy atom. The Morgan fingerprint density at radius 3 is 2.38 bits per heavy atom. The molecule has 1 unspecified atom stereocenters. The van der Waals surface area contributed by atoms with Crippen LogP contribution in [0.15, 0.2) is 22.9 Å². The van der Waals surface area contributed by atoms with E-state index in [1.165, 1.54) is 11.1 Å². The van der Waals surface area contributed by atoms with E-state index in [-0.39, 0.29) is 12.1 Å². The summed E-state index contributed by atoms with van der Waals surface area (Å²) in [6, 6.07) is 2.08. The van der Waals surface area contributed by atoms with Gasteiger partial charge in [-0.3, -0.25) is 4.98 Å². The van der Waals surface area contributed by atoms with Gasteiger partial charge in [0.05, 0.1) is 18.3 Å². The van der Waals surface area contributed by atoms with Crippen molar-refractivity contribution in [2.75, 3.05) is 7.05 Å². The maximum absolute atomic E-state index is 5.75. The van der Waals surface area contributed by atoms with Crippen LogP contribution in [0.2, 0.25) is 0 Å². The monoisotopic (exact) mass is 288 g/mol. The average molecular weight is 288 g/mol. The number of pyridine rings is 1. The second-order valence-electron chi connectivity index (χ2n) is 5.60. The smallest absolute Gasteiger partial charge is 0.138 e. The molecule has 21 heavy (non-hydrogen) atoms. The molecule has 2 heterocycles. The quantitative estimate of drug-likeness (QED) is 0.911. The Labute approximate surface area is 126 Å². The van der Waals surface area contributed by atoms with E-state index in [9.17, 15) is 0 Å². The van der Waals surface area contributed by atoms with Crippen molar-refractivity contribution in [3.05, 3.63) is 46.7 Å². The first-order chi connectivity index (χ1) is 9.93. The van der Waals surface area contributed by atoms with Crippen LogP contribution in [0.4, 0.5) is 0 Å². The maximum atomic E-state index is 5.75. The fraction of sp³-hybridized carbons (Fsp3) is 0.471. The number of rotatable bonds is 5. The molecule has 0 spiro atoms. The van der Waals surface area contributed by atoms with Gasteiger partial charge in [0.1, 0.15) is 17.3 Å². The first-order valence-electron chi connectivity index (χ1n) is 7.29. The normalized spacial score (nSPS) is 12.7. The number of hydrogen-bond acceptors (Lipinski definition) is 4. The third kappa shape index (κ3) is 3.27. The highest BCUT2D eigenvalue weighted by atomic mass is 16.5. The van der Waals surface area contributed by atoms with Crippen molar-refractivity contribution in [3.63, 3.8) is 0 Å². The van der Waals surface area contributed by atoms with Crippen LogP contribution in [0.3, 0.4) is 0 Å². The van der Waals surface area contributed by atoms with Gasteiger partial charge >= 0.3 is 0 Å². The minimum Gasteiger partial charge on any atom is -0.489 e. The fourth-order valence-corrected chi connectivity index (χ4v) is 2.64. The minimum atomic E-state index is 0.0469. The van der Waals surface area contributed by atoms with Crippen LogP contribution in [0.25, 0.3) is 0 Å². The lowest BCUT2D eigenvalue weighted by Gasteiger charge is -2.18. The lowest BCUT2D eigenvalue weighted by atomic mass is 9.96. The SMILES string of the molecule is CNC(c1cncc(OC(C)C)c1)c1c(C)oc(C)c1C. The molecule has 2 aromatic heterocycles. The van der Waals surface area contributed by atoms with Crippen molar-refractivity contribution >= 4 is 0 Å². The summed E-state index contributed by atoms with van der Waals surface area (Å²) >= 11 is 0. The third-order valence-electron chi connectivity index (χ3n) is 3.63. The molecule has 4 heteroatoms. The van der Waals surface area contributed by atoms with Gasteiger partial charge in [-0.2, -0.15) is 0 Å². The number of nitrogens with one attached hydrogen (secondary N) is 1. The van der Waals surface area contributed by atoms with E-state index in [4.69, 9.17) is 9.15 Å². The Kier molecular flexibility index (Phi) is 4.68. The number of nitrogens with zero attached hydrogens (tertiary/aromatic N) is 1. The second kappa shape index (κ2) is 6.31. The summed E-state index contributed by atoms with van der Waals surface area (Å²) in [7, 11) is 1.95. The molecule has 0 bridgehead atoms. The Balaban J connectivity index is 2.42. The zero-order chi connectivity index (χ0) is 15.6. The highest BCUT2D eigenvalue weighted by molar-refractivity contribution is 5.41. The lowest BCUT2D eigenvalue weighted by molar-refractivity contribution is 0.241. The molecule has 0 aromatic carbocycles. The van der Waals surface area contributed by atoms with Crippen molar-refractivity contribution in [1.82, 2.24) is 10.3 Å². The highest BCUT2D eigenvalue weighted by Crippen LogP contribution is 2.32. The Hall–Kier alpha value is -1.81. The summed E-state index contributed by atoms with van der Waals surface area (Å²) in [6.45, 7) is 10.1. The summed E-state index contributed by atoms with van der Waals surface area (Å²) in [5.41, 5.74) is 3.43. The van der Waals surface area contributed by atoms with Crippen molar-refractivity contribution in [1.29, 1.82) is 0 Å². The Morgan fingerprint density at radius 1 is 1.14 bits per heavy atom. The average Bonchev–Trinajstić information content (AvgIpc) is 2.66. The fourth-order valence-electron chi connectivity index (χ4n) is 2.64. The molecule has 0 aliphatic rings. The largest absolute Gasteiger partial charge is 0.489 e. The van der Waals surface area contributed by atoms with Crippen LogP contribution >= 0.6 is 0 Å². The lowest BCUT2D eigenvalue weighted by Crippen LogP contribution is -2.19. The molecule has 0 aliphatic carbocycles. The van der Waals surface area contributed by atoms with Gasteiger partial charge in [-0.05, 0) is 58.9 Å².